The first-order valence-corrected chi connectivity index (χ1v) is 6.33. The van der Waals surface area contributed by atoms with Crippen LogP contribution in [0.15, 0.2) is 16.6 Å². The summed E-state index contributed by atoms with van der Waals surface area (Å²) in [5.74, 6) is 0.835. The Bertz CT molecular complexity index is 483. The molecule has 0 aromatic heterocycles. The van der Waals surface area contributed by atoms with Crippen molar-refractivity contribution in [3.8, 4) is 5.75 Å². The molecule has 1 aromatic carbocycles. The van der Waals surface area contributed by atoms with Crippen molar-refractivity contribution in [3.63, 3.8) is 0 Å². The molecule has 17 heavy (non-hydrogen) atoms. The fourth-order valence-corrected chi connectivity index (χ4v) is 2.23. The maximum Gasteiger partial charge on any atom is 0.235 e. The predicted molar refractivity (Wildman–Crippen MR) is 71.6 cm³/mol. The quantitative estimate of drug-likeness (QED) is 0.736. The van der Waals surface area contributed by atoms with Crippen LogP contribution in [0.2, 0.25) is 0 Å². The third kappa shape index (κ3) is 2.06. The van der Waals surface area contributed by atoms with Gasteiger partial charge >= 0.3 is 0 Å². The number of carbonyl (C=O) groups excluding carboxylic acids is 1. The van der Waals surface area contributed by atoms with Crippen LogP contribution in [0.25, 0.3) is 0 Å². The Morgan fingerprint density at radius 1 is 1.41 bits per heavy atom. The van der Waals surface area contributed by atoms with Crippen LogP contribution < -0.4 is 9.64 Å². The van der Waals surface area contributed by atoms with Crippen molar-refractivity contribution in [1.29, 1.82) is 0 Å². The average Bonchev–Trinajstić information content (AvgIpc) is 2.34. The zero-order chi connectivity index (χ0) is 12.8. The molecule has 4 heteroatoms. The number of hydrogen-bond donors (Lipinski definition) is 0. The minimum atomic E-state index is -0.492. The Hall–Kier alpha value is -1.03. The number of fused-ring (bicyclic) bond motifs is 1. The monoisotopic (exact) mass is 297 g/mol. The summed E-state index contributed by atoms with van der Waals surface area (Å²) in [7, 11) is 1.80. The van der Waals surface area contributed by atoms with E-state index in [0.717, 1.165) is 21.5 Å². The van der Waals surface area contributed by atoms with E-state index in [1.54, 1.807) is 11.9 Å². The van der Waals surface area contributed by atoms with Gasteiger partial charge in [-0.05, 0) is 38.5 Å². The Morgan fingerprint density at radius 2 is 2.06 bits per heavy atom. The highest BCUT2D eigenvalue weighted by atomic mass is 79.9. The van der Waals surface area contributed by atoms with Gasteiger partial charge in [-0.2, -0.15) is 0 Å². The van der Waals surface area contributed by atoms with Crippen molar-refractivity contribution in [2.24, 2.45) is 5.41 Å². The van der Waals surface area contributed by atoms with E-state index in [0.29, 0.717) is 6.61 Å². The van der Waals surface area contributed by atoms with Gasteiger partial charge in [-0.3, -0.25) is 4.79 Å². The molecule has 3 nitrogen and oxygen atoms in total. The first-order chi connectivity index (χ1) is 7.83. The molecule has 0 unspecified atom stereocenters. The molecular formula is C13H16BrNO2. The molecule has 0 atom stereocenters. The summed E-state index contributed by atoms with van der Waals surface area (Å²) in [6, 6.07) is 3.90. The van der Waals surface area contributed by atoms with Crippen LogP contribution in [0.1, 0.15) is 19.4 Å². The van der Waals surface area contributed by atoms with Gasteiger partial charge in [0.05, 0.1) is 11.1 Å². The third-order valence-electron chi connectivity index (χ3n) is 3.07. The van der Waals surface area contributed by atoms with Gasteiger partial charge in [0.15, 0.2) is 0 Å². The molecule has 0 saturated heterocycles. The zero-order valence-corrected chi connectivity index (χ0v) is 12.1. The second-order valence-electron chi connectivity index (χ2n) is 5.11. The number of rotatable bonds is 0. The Morgan fingerprint density at radius 3 is 2.71 bits per heavy atom. The van der Waals surface area contributed by atoms with Crippen LogP contribution in [0.5, 0.6) is 5.75 Å². The summed E-state index contributed by atoms with van der Waals surface area (Å²) in [4.78, 5) is 13.9. The van der Waals surface area contributed by atoms with Gasteiger partial charge in [0.25, 0.3) is 0 Å². The second kappa shape index (κ2) is 4.02. The van der Waals surface area contributed by atoms with E-state index in [4.69, 9.17) is 4.74 Å². The van der Waals surface area contributed by atoms with Crippen molar-refractivity contribution in [2.45, 2.75) is 20.8 Å². The number of amides is 1. The maximum absolute atomic E-state index is 12.3. The highest BCUT2D eigenvalue weighted by Gasteiger charge is 2.36. The highest BCUT2D eigenvalue weighted by Crippen LogP contribution is 2.38. The molecule has 2 rings (SSSR count). The van der Waals surface area contributed by atoms with E-state index in [9.17, 15) is 4.79 Å². The van der Waals surface area contributed by atoms with Crippen molar-refractivity contribution < 1.29 is 9.53 Å². The number of benzene rings is 1. The molecule has 0 aliphatic carbocycles. The van der Waals surface area contributed by atoms with Gasteiger partial charge in [0.2, 0.25) is 5.91 Å². The molecule has 0 N–H and O–H groups in total. The maximum atomic E-state index is 12.3. The summed E-state index contributed by atoms with van der Waals surface area (Å²) in [5.41, 5.74) is 1.43. The van der Waals surface area contributed by atoms with Crippen LogP contribution in [0.3, 0.4) is 0 Å². The summed E-state index contributed by atoms with van der Waals surface area (Å²) in [5, 5.41) is 0. The molecule has 1 aliphatic heterocycles. The number of carbonyl (C=O) groups is 1. The molecular weight excluding hydrogens is 282 g/mol. The van der Waals surface area contributed by atoms with Gasteiger partial charge in [-0.15, -0.1) is 0 Å². The van der Waals surface area contributed by atoms with Crippen LogP contribution in [0, 0.1) is 12.3 Å². The lowest BCUT2D eigenvalue weighted by Gasteiger charge is -2.24. The molecule has 0 radical (unpaired) electrons. The third-order valence-corrected chi connectivity index (χ3v) is 3.93. The van der Waals surface area contributed by atoms with E-state index >= 15 is 0 Å². The summed E-state index contributed by atoms with van der Waals surface area (Å²) in [6.07, 6.45) is 0. The van der Waals surface area contributed by atoms with Crippen molar-refractivity contribution in [3.05, 3.63) is 22.2 Å². The lowest BCUT2D eigenvalue weighted by molar-refractivity contribution is -0.127. The largest absolute Gasteiger partial charge is 0.490 e. The fourth-order valence-electron chi connectivity index (χ4n) is 1.91. The SMILES string of the molecule is Cc1cc2c(cc1Br)OCC(C)(C)C(=O)N2C. The predicted octanol–water partition coefficient (Wildman–Crippen LogP) is 3.14. The van der Waals surface area contributed by atoms with Crippen LogP contribution >= 0.6 is 15.9 Å². The zero-order valence-electron chi connectivity index (χ0n) is 10.5. The summed E-state index contributed by atoms with van der Waals surface area (Å²) >= 11 is 3.48. The number of ether oxygens (including phenoxy) is 1. The van der Waals surface area contributed by atoms with Gasteiger partial charge in [0, 0.05) is 11.5 Å². The number of nitrogens with zero attached hydrogens (tertiary/aromatic N) is 1. The van der Waals surface area contributed by atoms with E-state index in [2.05, 4.69) is 15.9 Å². The molecule has 1 amide bonds. The number of anilines is 1. The highest BCUT2D eigenvalue weighted by molar-refractivity contribution is 9.10. The van der Waals surface area contributed by atoms with E-state index in [1.807, 2.05) is 32.9 Å². The molecule has 0 bridgehead atoms. The Kier molecular flexibility index (Phi) is 2.94. The number of aryl methyl sites for hydroxylation is 1. The Labute approximate surface area is 110 Å². The number of hydrogen-bond acceptors (Lipinski definition) is 2. The molecule has 1 aliphatic rings. The fraction of sp³-hybridized carbons (Fsp3) is 0.462. The summed E-state index contributed by atoms with van der Waals surface area (Å²) in [6.45, 7) is 6.20. The van der Waals surface area contributed by atoms with Crippen LogP contribution in [0.4, 0.5) is 5.69 Å². The first-order valence-electron chi connectivity index (χ1n) is 5.54. The van der Waals surface area contributed by atoms with E-state index in [1.165, 1.54) is 0 Å². The second-order valence-corrected chi connectivity index (χ2v) is 5.96. The number of halogens is 1. The van der Waals surface area contributed by atoms with Gasteiger partial charge in [0.1, 0.15) is 12.4 Å². The smallest absolute Gasteiger partial charge is 0.235 e. The average molecular weight is 298 g/mol. The van der Waals surface area contributed by atoms with E-state index in [-0.39, 0.29) is 5.91 Å². The van der Waals surface area contributed by atoms with Crippen molar-refractivity contribution >= 4 is 27.5 Å². The lowest BCUT2D eigenvalue weighted by Crippen LogP contribution is -2.39. The minimum Gasteiger partial charge on any atom is -0.490 e. The molecule has 1 aromatic rings. The topological polar surface area (TPSA) is 29.5 Å². The van der Waals surface area contributed by atoms with Crippen molar-refractivity contribution in [2.75, 3.05) is 18.6 Å². The van der Waals surface area contributed by atoms with Gasteiger partial charge in [-0.1, -0.05) is 15.9 Å². The van der Waals surface area contributed by atoms with E-state index < -0.39 is 5.41 Å². The molecule has 1 heterocycles. The molecule has 0 spiro atoms. The summed E-state index contributed by atoms with van der Waals surface area (Å²) < 4.78 is 6.74. The van der Waals surface area contributed by atoms with Crippen molar-refractivity contribution in [1.82, 2.24) is 0 Å². The van der Waals surface area contributed by atoms with Crippen LogP contribution in [-0.2, 0) is 4.79 Å². The molecule has 92 valence electrons. The minimum absolute atomic E-state index is 0.0815. The van der Waals surface area contributed by atoms with Gasteiger partial charge in [-0.25, -0.2) is 0 Å². The van der Waals surface area contributed by atoms with Crippen LogP contribution in [-0.4, -0.2) is 19.6 Å². The van der Waals surface area contributed by atoms with Gasteiger partial charge < -0.3 is 9.64 Å². The molecule has 0 saturated carbocycles. The first kappa shape index (κ1) is 12.4. The molecule has 0 fully saturated rings. The normalized spacial score (nSPS) is 18.4. The lowest BCUT2D eigenvalue weighted by atomic mass is 9.93. The Balaban J connectivity index is 2.55. The standard InChI is InChI=1S/C13H16BrNO2/c1-8-5-10-11(6-9(8)14)17-7-13(2,3)12(16)15(10)4/h5-6H,7H2,1-4H3.